The summed E-state index contributed by atoms with van der Waals surface area (Å²) in [5, 5.41) is 17.7. The number of nitrogens with one attached hydrogen (secondary N) is 2. The van der Waals surface area contributed by atoms with Gasteiger partial charge in [-0.3, -0.25) is 10.1 Å². The summed E-state index contributed by atoms with van der Waals surface area (Å²) >= 11 is 6.14. The summed E-state index contributed by atoms with van der Waals surface area (Å²) in [6.07, 6.45) is 0. The van der Waals surface area contributed by atoms with Gasteiger partial charge in [-0.15, -0.1) is 0 Å². The number of hydrogen-bond acceptors (Lipinski definition) is 3. The van der Waals surface area contributed by atoms with Gasteiger partial charge < -0.3 is 10.6 Å². The summed E-state index contributed by atoms with van der Waals surface area (Å²) in [7, 11) is 0. The number of nitrogens with zero attached hydrogens (tertiary/aromatic N) is 2. The van der Waals surface area contributed by atoms with Crippen molar-refractivity contribution in [1.82, 2.24) is 10.6 Å². The third-order valence-electron chi connectivity index (χ3n) is 3.32. The summed E-state index contributed by atoms with van der Waals surface area (Å²) < 4.78 is 0. The largest absolute Gasteiger partial charge is 0.357 e. The molecular formula is C17H19ClN4O2. The Morgan fingerprint density at radius 1 is 1.17 bits per heavy atom. The normalized spacial score (nSPS) is 11.2. The maximum Gasteiger partial charge on any atom is 0.269 e. The Morgan fingerprint density at radius 2 is 1.88 bits per heavy atom. The molecule has 0 saturated heterocycles. The van der Waals surface area contributed by atoms with Crippen molar-refractivity contribution in [2.45, 2.75) is 20.0 Å². The van der Waals surface area contributed by atoms with Gasteiger partial charge in [0.15, 0.2) is 5.96 Å². The maximum atomic E-state index is 10.7. The Balaban J connectivity index is 1.99. The molecule has 0 unspecified atom stereocenters. The second-order valence-electron chi connectivity index (χ2n) is 5.06. The lowest BCUT2D eigenvalue weighted by molar-refractivity contribution is -0.384. The molecule has 0 radical (unpaired) electrons. The summed E-state index contributed by atoms with van der Waals surface area (Å²) in [4.78, 5) is 14.7. The standard InChI is InChI=1S/C17H19ClN4O2/c1-2-19-17(21-12-14-5-3-4-6-16(14)18)20-11-13-7-9-15(10-8-13)22(23)24/h3-10H,2,11-12H2,1H3,(H2,19,20,21). The predicted octanol–water partition coefficient (Wildman–Crippen LogP) is 3.50. The van der Waals surface area contributed by atoms with Crippen LogP contribution in [0.2, 0.25) is 5.02 Å². The molecular weight excluding hydrogens is 328 g/mol. The molecule has 0 atom stereocenters. The van der Waals surface area contributed by atoms with E-state index in [0.717, 1.165) is 17.7 Å². The number of benzene rings is 2. The Labute approximate surface area is 145 Å². The Kier molecular flexibility index (Phi) is 6.57. The number of hydrogen-bond donors (Lipinski definition) is 2. The second kappa shape index (κ2) is 8.88. The van der Waals surface area contributed by atoms with Crippen LogP contribution in [0.1, 0.15) is 18.1 Å². The van der Waals surface area contributed by atoms with Crippen LogP contribution in [0.5, 0.6) is 0 Å². The fraction of sp³-hybridized carbons (Fsp3) is 0.235. The summed E-state index contributed by atoms with van der Waals surface area (Å²) in [5.74, 6) is 0.663. The van der Waals surface area contributed by atoms with Crippen LogP contribution >= 0.6 is 11.6 Å². The zero-order valence-corrected chi connectivity index (χ0v) is 14.1. The monoisotopic (exact) mass is 346 g/mol. The van der Waals surface area contributed by atoms with Gasteiger partial charge in [-0.2, -0.15) is 0 Å². The third kappa shape index (κ3) is 5.24. The average molecular weight is 347 g/mol. The van der Waals surface area contributed by atoms with Crippen molar-refractivity contribution in [3.05, 3.63) is 74.8 Å². The lowest BCUT2D eigenvalue weighted by Gasteiger charge is -2.12. The molecule has 0 spiro atoms. The van der Waals surface area contributed by atoms with Crippen molar-refractivity contribution >= 4 is 23.2 Å². The van der Waals surface area contributed by atoms with E-state index in [1.165, 1.54) is 12.1 Å². The van der Waals surface area contributed by atoms with Crippen molar-refractivity contribution in [2.24, 2.45) is 4.99 Å². The summed E-state index contributed by atoms with van der Waals surface area (Å²) in [6.45, 7) is 3.70. The number of nitro groups is 1. The fourth-order valence-corrected chi connectivity index (χ4v) is 2.26. The van der Waals surface area contributed by atoms with Crippen LogP contribution in [0.4, 0.5) is 5.69 Å². The van der Waals surface area contributed by atoms with Crippen molar-refractivity contribution in [2.75, 3.05) is 6.54 Å². The minimum Gasteiger partial charge on any atom is -0.357 e. The van der Waals surface area contributed by atoms with E-state index in [1.807, 2.05) is 31.2 Å². The number of rotatable bonds is 6. The van der Waals surface area contributed by atoms with Crippen LogP contribution in [-0.4, -0.2) is 17.4 Å². The second-order valence-corrected chi connectivity index (χ2v) is 5.47. The number of halogens is 1. The van der Waals surface area contributed by atoms with Crippen LogP contribution in [0.15, 0.2) is 53.5 Å². The van der Waals surface area contributed by atoms with Crippen molar-refractivity contribution in [3.63, 3.8) is 0 Å². The molecule has 0 heterocycles. The van der Waals surface area contributed by atoms with Gasteiger partial charge >= 0.3 is 0 Å². The first kappa shape index (κ1) is 17.7. The molecule has 0 aliphatic rings. The number of aliphatic imine (C=N–C) groups is 1. The molecule has 2 rings (SSSR count). The third-order valence-corrected chi connectivity index (χ3v) is 3.68. The Hall–Kier alpha value is -2.60. The fourth-order valence-electron chi connectivity index (χ4n) is 2.06. The van der Waals surface area contributed by atoms with E-state index in [4.69, 9.17) is 11.6 Å². The zero-order valence-electron chi connectivity index (χ0n) is 13.3. The van der Waals surface area contributed by atoms with Gasteiger partial charge in [0, 0.05) is 30.2 Å². The SMILES string of the molecule is CCNC(=NCc1ccc([N+](=O)[O-])cc1)NCc1ccccc1Cl. The van der Waals surface area contributed by atoms with Crippen LogP contribution in [0.25, 0.3) is 0 Å². The van der Waals surface area contributed by atoms with Crippen molar-refractivity contribution < 1.29 is 4.92 Å². The van der Waals surface area contributed by atoms with Crippen LogP contribution in [0, 0.1) is 10.1 Å². The molecule has 0 fully saturated rings. The Morgan fingerprint density at radius 3 is 2.50 bits per heavy atom. The van der Waals surface area contributed by atoms with Gasteiger partial charge in [0.05, 0.1) is 11.5 Å². The molecule has 126 valence electrons. The molecule has 0 saturated carbocycles. The quantitative estimate of drug-likeness (QED) is 0.363. The first-order valence-corrected chi connectivity index (χ1v) is 7.97. The highest BCUT2D eigenvalue weighted by molar-refractivity contribution is 6.31. The maximum absolute atomic E-state index is 10.7. The van der Waals surface area contributed by atoms with Gasteiger partial charge in [-0.1, -0.05) is 41.9 Å². The highest BCUT2D eigenvalue weighted by Gasteiger charge is 2.04. The molecule has 24 heavy (non-hydrogen) atoms. The molecule has 0 bridgehead atoms. The van der Waals surface area contributed by atoms with E-state index in [9.17, 15) is 10.1 Å². The van der Waals surface area contributed by atoms with Gasteiger partial charge in [0.2, 0.25) is 0 Å². The molecule has 2 aromatic carbocycles. The molecule has 0 aliphatic heterocycles. The predicted molar refractivity (Wildman–Crippen MR) is 96.2 cm³/mol. The van der Waals surface area contributed by atoms with Gasteiger partial charge in [0.1, 0.15) is 0 Å². The molecule has 7 heteroatoms. The van der Waals surface area contributed by atoms with E-state index in [-0.39, 0.29) is 5.69 Å². The van der Waals surface area contributed by atoms with E-state index in [1.54, 1.807) is 12.1 Å². The Bertz CT molecular complexity index is 717. The minimum atomic E-state index is -0.414. The van der Waals surface area contributed by atoms with Crippen LogP contribution < -0.4 is 10.6 Å². The molecule has 2 aromatic rings. The van der Waals surface area contributed by atoms with Gasteiger partial charge in [-0.05, 0) is 24.1 Å². The zero-order chi connectivity index (χ0) is 17.4. The number of nitro benzene ring substituents is 1. The van der Waals surface area contributed by atoms with Crippen molar-refractivity contribution in [1.29, 1.82) is 0 Å². The smallest absolute Gasteiger partial charge is 0.269 e. The lowest BCUT2D eigenvalue weighted by atomic mass is 10.2. The van der Waals surface area contributed by atoms with E-state index in [0.29, 0.717) is 24.1 Å². The number of guanidine groups is 1. The first-order chi connectivity index (χ1) is 11.6. The van der Waals surface area contributed by atoms with Crippen molar-refractivity contribution in [3.8, 4) is 0 Å². The molecule has 0 amide bonds. The highest BCUT2D eigenvalue weighted by atomic mass is 35.5. The molecule has 0 aliphatic carbocycles. The van der Waals surface area contributed by atoms with E-state index in [2.05, 4.69) is 15.6 Å². The molecule has 0 aromatic heterocycles. The minimum absolute atomic E-state index is 0.0754. The van der Waals surface area contributed by atoms with E-state index >= 15 is 0 Å². The van der Waals surface area contributed by atoms with Gasteiger partial charge in [-0.25, -0.2) is 4.99 Å². The number of non-ortho nitro benzene ring substituents is 1. The highest BCUT2D eigenvalue weighted by Crippen LogP contribution is 2.14. The molecule has 6 nitrogen and oxygen atoms in total. The molecule has 2 N–H and O–H groups in total. The first-order valence-electron chi connectivity index (χ1n) is 7.59. The summed E-state index contributed by atoms with van der Waals surface area (Å²) in [6, 6.07) is 14.0. The van der Waals surface area contributed by atoms with Crippen LogP contribution in [0.3, 0.4) is 0 Å². The summed E-state index contributed by atoms with van der Waals surface area (Å²) in [5.41, 5.74) is 1.96. The lowest BCUT2D eigenvalue weighted by Crippen LogP contribution is -2.36. The average Bonchev–Trinajstić information content (AvgIpc) is 2.59. The van der Waals surface area contributed by atoms with Gasteiger partial charge in [0.25, 0.3) is 5.69 Å². The van der Waals surface area contributed by atoms with Crippen LogP contribution in [-0.2, 0) is 13.1 Å². The topological polar surface area (TPSA) is 79.6 Å². The van der Waals surface area contributed by atoms with E-state index < -0.39 is 4.92 Å².